The largest absolute Gasteiger partial charge is 0.496 e. The molecule has 0 aliphatic rings. The van der Waals surface area contributed by atoms with E-state index in [2.05, 4.69) is 21.3 Å². The Hall–Kier alpha value is -3.33. The van der Waals surface area contributed by atoms with E-state index in [4.69, 9.17) is 11.2 Å². The van der Waals surface area contributed by atoms with Crippen molar-refractivity contribution in [1.29, 1.82) is 0 Å². The fraction of sp³-hybridized carbons (Fsp3) is 0.167. The molecule has 2 heterocycles. The number of carbonyl (C=O) groups excluding carboxylic acids is 1. The number of ether oxygens (including phenoxy) is 1. The minimum Gasteiger partial charge on any atom is -0.496 e. The lowest BCUT2D eigenvalue weighted by atomic mass is 10.0. The average Bonchev–Trinajstić information content (AvgIpc) is 3.00. The van der Waals surface area contributed by atoms with Crippen molar-refractivity contribution in [2.75, 3.05) is 13.7 Å². The van der Waals surface area contributed by atoms with Crippen LogP contribution in [0.15, 0.2) is 36.5 Å². The molecule has 0 unspecified atom stereocenters. The van der Waals surface area contributed by atoms with Crippen LogP contribution >= 0.6 is 0 Å². The number of terminal acetylenes is 1. The number of hydrogen-bond acceptors (Lipinski definition) is 4. The van der Waals surface area contributed by atoms with Crippen molar-refractivity contribution in [3.8, 4) is 29.2 Å². The maximum Gasteiger partial charge on any atom is 0.270 e. The molecule has 0 saturated carbocycles. The molecular weight excluding hydrogens is 304 g/mol. The number of para-hydroxylation sites is 1. The topological polar surface area (TPSA) is 69.0 Å². The molecule has 3 aromatic rings. The lowest BCUT2D eigenvalue weighted by molar-refractivity contribution is 0.0954. The number of aryl methyl sites for hydroxylation is 1. The number of carbonyl (C=O) groups is 1. The molecule has 24 heavy (non-hydrogen) atoms. The zero-order valence-electron chi connectivity index (χ0n) is 13.4. The first kappa shape index (κ1) is 15.6. The molecule has 0 spiro atoms. The van der Waals surface area contributed by atoms with Gasteiger partial charge in [-0.2, -0.15) is 5.10 Å². The van der Waals surface area contributed by atoms with Gasteiger partial charge in [-0.15, -0.1) is 6.42 Å². The van der Waals surface area contributed by atoms with Gasteiger partial charge in [0.25, 0.3) is 5.91 Å². The van der Waals surface area contributed by atoms with Crippen molar-refractivity contribution < 1.29 is 9.53 Å². The fourth-order valence-electron chi connectivity index (χ4n) is 2.54. The van der Waals surface area contributed by atoms with Gasteiger partial charge < -0.3 is 10.1 Å². The average molecular weight is 320 g/mol. The van der Waals surface area contributed by atoms with Crippen molar-refractivity contribution in [3.63, 3.8) is 0 Å². The Labute approximate surface area is 139 Å². The molecule has 1 N–H and O–H groups in total. The molecule has 120 valence electrons. The standard InChI is InChI=1S/C18H16N4O2/c1-4-9-19-18(23)15-10-13(12-7-5-6-8-16(12)24-3)14-11-20-22(2)17(14)21-15/h1,5-8,10-11H,9H2,2-3H3,(H,19,23). The summed E-state index contributed by atoms with van der Waals surface area (Å²) < 4.78 is 7.08. The number of aromatic nitrogens is 3. The summed E-state index contributed by atoms with van der Waals surface area (Å²) in [7, 11) is 3.39. The maximum atomic E-state index is 12.3. The molecule has 0 aliphatic heterocycles. The van der Waals surface area contributed by atoms with Crippen LogP contribution in [0.3, 0.4) is 0 Å². The molecule has 2 aromatic heterocycles. The van der Waals surface area contributed by atoms with Crippen LogP contribution in [0, 0.1) is 12.3 Å². The first-order valence-corrected chi connectivity index (χ1v) is 7.33. The predicted octanol–water partition coefficient (Wildman–Crippen LogP) is 2.01. The second-order valence-electron chi connectivity index (χ2n) is 5.15. The van der Waals surface area contributed by atoms with Gasteiger partial charge in [0.05, 0.1) is 19.9 Å². The monoisotopic (exact) mass is 320 g/mol. The molecule has 0 saturated heterocycles. The molecule has 3 rings (SSSR count). The van der Waals surface area contributed by atoms with E-state index in [9.17, 15) is 4.79 Å². The SMILES string of the molecule is C#CCNC(=O)c1cc(-c2ccccc2OC)c2cnn(C)c2n1. The van der Waals surface area contributed by atoms with Crippen LogP contribution < -0.4 is 10.1 Å². The highest BCUT2D eigenvalue weighted by Crippen LogP contribution is 2.34. The van der Waals surface area contributed by atoms with Gasteiger partial charge in [-0.3, -0.25) is 9.48 Å². The van der Waals surface area contributed by atoms with Gasteiger partial charge in [0.2, 0.25) is 0 Å². The zero-order chi connectivity index (χ0) is 17.1. The second kappa shape index (κ2) is 6.42. The van der Waals surface area contributed by atoms with E-state index < -0.39 is 0 Å². The number of amides is 1. The zero-order valence-corrected chi connectivity index (χ0v) is 13.4. The van der Waals surface area contributed by atoms with Crippen LogP contribution in [0.4, 0.5) is 0 Å². The first-order valence-electron chi connectivity index (χ1n) is 7.33. The summed E-state index contributed by atoms with van der Waals surface area (Å²) in [4.78, 5) is 16.7. The van der Waals surface area contributed by atoms with E-state index in [1.54, 1.807) is 31.1 Å². The van der Waals surface area contributed by atoms with Crippen molar-refractivity contribution >= 4 is 16.9 Å². The highest BCUT2D eigenvalue weighted by Gasteiger charge is 2.17. The summed E-state index contributed by atoms with van der Waals surface area (Å²) in [6.07, 6.45) is 6.93. The number of hydrogen-bond donors (Lipinski definition) is 1. The highest BCUT2D eigenvalue weighted by molar-refractivity contribution is 6.01. The molecule has 6 nitrogen and oxygen atoms in total. The van der Waals surface area contributed by atoms with Gasteiger partial charge in [0.1, 0.15) is 11.4 Å². The summed E-state index contributed by atoms with van der Waals surface area (Å²) in [5, 5.41) is 7.73. The third-order valence-electron chi connectivity index (χ3n) is 3.69. The lowest BCUT2D eigenvalue weighted by Crippen LogP contribution is -2.24. The van der Waals surface area contributed by atoms with E-state index in [-0.39, 0.29) is 18.1 Å². The van der Waals surface area contributed by atoms with Crippen LogP contribution in [0.2, 0.25) is 0 Å². The normalized spacial score (nSPS) is 10.4. The highest BCUT2D eigenvalue weighted by atomic mass is 16.5. The Bertz CT molecular complexity index is 953. The van der Waals surface area contributed by atoms with Crippen LogP contribution in [0.1, 0.15) is 10.5 Å². The quantitative estimate of drug-likeness (QED) is 0.747. The van der Waals surface area contributed by atoms with Gasteiger partial charge >= 0.3 is 0 Å². The second-order valence-corrected chi connectivity index (χ2v) is 5.15. The van der Waals surface area contributed by atoms with E-state index in [0.29, 0.717) is 11.4 Å². The fourth-order valence-corrected chi connectivity index (χ4v) is 2.54. The summed E-state index contributed by atoms with van der Waals surface area (Å²) >= 11 is 0. The molecule has 0 bridgehead atoms. The van der Waals surface area contributed by atoms with Gasteiger partial charge in [0.15, 0.2) is 5.65 Å². The number of nitrogens with zero attached hydrogens (tertiary/aromatic N) is 3. The number of benzene rings is 1. The Morgan fingerprint density at radius 2 is 2.17 bits per heavy atom. The van der Waals surface area contributed by atoms with Gasteiger partial charge in [-0.1, -0.05) is 24.1 Å². The first-order chi connectivity index (χ1) is 11.7. The number of nitrogens with one attached hydrogen (secondary N) is 1. The Kier molecular flexibility index (Phi) is 4.17. The van der Waals surface area contributed by atoms with E-state index >= 15 is 0 Å². The number of pyridine rings is 1. The molecule has 0 atom stereocenters. The summed E-state index contributed by atoms with van der Waals surface area (Å²) in [5.41, 5.74) is 2.59. The molecule has 6 heteroatoms. The van der Waals surface area contributed by atoms with Crippen molar-refractivity contribution in [3.05, 3.63) is 42.2 Å². The molecule has 1 amide bonds. The summed E-state index contributed by atoms with van der Waals surface area (Å²) in [6.45, 7) is 0.147. The van der Waals surface area contributed by atoms with Crippen molar-refractivity contribution in [2.45, 2.75) is 0 Å². The smallest absolute Gasteiger partial charge is 0.270 e. The van der Waals surface area contributed by atoms with Crippen molar-refractivity contribution in [2.24, 2.45) is 7.05 Å². The van der Waals surface area contributed by atoms with Crippen LogP contribution in [0.5, 0.6) is 5.75 Å². The Morgan fingerprint density at radius 1 is 1.38 bits per heavy atom. The van der Waals surface area contributed by atoms with Crippen LogP contribution in [-0.2, 0) is 7.05 Å². The Morgan fingerprint density at radius 3 is 2.92 bits per heavy atom. The van der Waals surface area contributed by atoms with Gasteiger partial charge in [-0.05, 0) is 12.1 Å². The predicted molar refractivity (Wildman–Crippen MR) is 91.7 cm³/mol. The summed E-state index contributed by atoms with van der Waals surface area (Å²) in [5.74, 6) is 2.76. The lowest BCUT2D eigenvalue weighted by Gasteiger charge is -2.11. The van der Waals surface area contributed by atoms with E-state index in [1.807, 2.05) is 24.3 Å². The van der Waals surface area contributed by atoms with E-state index in [0.717, 1.165) is 16.5 Å². The molecule has 0 fully saturated rings. The summed E-state index contributed by atoms with van der Waals surface area (Å²) in [6, 6.07) is 9.34. The van der Waals surface area contributed by atoms with Crippen LogP contribution in [-0.4, -0.2) is 34.3 Å². The Balaban J connectivity index is 2.23. The molecule has 1 aromatic carbocycles. The van der Waals surface area contributed by atoms with E-state index in [1.165, 1.54) is 0 Å². The number of methoxy groups -OCH3 is 1. The third-order valence-corrected chi connectivity index (χ3v) is 3.69. The third kappa shape index (κ3) is 2.68. The molecular formula is C18H16N4O2. The van der Waals surface area contributed by atoms with Crippen LogP contribution in [0.25, 0.3) is 22.2 Å². The van der Waals surface area contributed by atoms with Gasteiger partial charge in [-0.25, -0.2) is 4.98 Å². The minimum atomic E-state index is -0.327. The number of rotatable bonds is 4. The number of fused-ring (bicyclic) bond motifs is 1. The maximum absolute atomic E-state index is 12.3. The molecule has 0 radical (unpaired) electrons. The minimum absolute atomic E-state index is 0.147. The molecule has 0 aliphatic carbocycles. The van der Waals surface area contributed by atoms with Crippen molar-refractivity contribution in [1.82, 2.24) is 20.1 Å². The van der Waals surface area contributed by atoms with Gasteiger partial charge in [0, 0.05) is 23.6 Å².